The Hall–Kier alpha value is -1.27. The maximum absolute atomic E-state index is 6.08. The zero-order valence-electron chi connectivity index (χ0n) is 10.4. The van der Waals surface area contributed by atoms with Crippen LogP contribution in [0.3, 0.4) is 0 Å². The summed E-state index contributed by atoms with van der Waals surface area (Å²) in [6, 6.07) is 17.5. The van der Waals surface area contributed by atoms with Crippen LogP contribution in [0.25, 0.3) is 0 Å². The van der Waals surface area contributed by atoms with Crippen LogP contribution in [0.15, 0.2) is 48.5 Å². The first-order valence-corrected chi connectivity index (χ1v) is 7.15. The van der Waals surface area contributed by atoms with Crippen molar-refractivity contribution in [2.24, 2.45) is 0 Å². The Labute approximate surface area is 114 Å². The van der Waals surface area contributed by atoms with Crippen molar-refractivity contribution >= 4 is 11.6 Å². The minimum Gasteiger partial charge on any atom is -0.122 e. The summed E-state index contributed by atoms with van der Waals surface area (Å²) >= 11 is 6.08. The summed E-state index contributed by atoms with van der Waals surface area (Å²) in [4.78, 5) is 0. The van der Waals surface area contributed by atoms with E-state index >= 15 is 0 Å². The van der Waals surface area contributed by atoms with E-state index < -0.39 is 0 Å². The van der Waals surface area contributed by atoms with Gasteiger partial charge in [0.2, 0.25) is 0 Å². The van der Waals surface area contributed by atoms with Crippen molar-refractivity contribution in [3.63, 3.8) is 0 Å². The molecule has 18 heavy (non-hydrogen) atoms. The first-order valence-electron chi connectivity index (χ1n) is 6.61. The summed E-state index contributed by atoms with van der Waals surface area (Å²) in [7, 11) is 0. The fourth-order valence-corrected chi connectivity index (χ4v) is 3.32. The van der Waals surface area contributed by atoms with Gasteiger partial charge in [-0.1, -0.05) is 48.5 Å². The number of hydrogen-bond donors (Lipinski definition) is 0. The minimum absolute atomic E-state index is 0.532. The fourth-order valence-electron chi connectivity index (χ4n) is 3.07. The van der Waals surface area contributed by atoms with E-state index in [2.05, 4.69) is 48.5 Å². The van der Waals surface area contributed by atoms with Gasteiger partial charge in [0.05, 0.1) is 0 Å². The Balaban J connectivity index is 2.08. The summed E-state index contributed by atoms with van der Waals surface area (Å²) in [5, 5.41) is 0. The molecule has 1 unspecified atom stereocenters. The van der Waals surface area contributed by atoms with Crippen molar-refractivity contribution < 1.29 is 0 Å². The maximum Gasteiger partial charge on any atom is 0.0477 e. The molecule has 0 heterocycles. The highest BCUT2D eigenvalue weighted by molar-refractivity contribution is 6.17. The quantitative estimate of drug-likeness (QED) is 0.671. The molecule has 92 valence electrons. The van der Waals surface area contributed by atoms with Gasteiger partial charge in [-0.25, -0.2) is 0 Å². The number of fused-ring (bicyclic) bond motifs is 1. The minimum atomic E-state index is 0.532. The first kappa shape index (κ1) is 11.8. The van der Waals surface area contributed by atoms with E-state index in [0.29, 0.717) is 11.8 Å². The molecule has 0 radical (unpaired) electrons. The first-order chi connectivity index (χ1) is 8.90. The molecule has 0 bridgehead atoms. The molecule has 0 aliphatic heterocycles. The zero-order valence-corrected chi connectivity index (χ0v) is 11.2. The number of hydrogen-bond acceptors (Lipinski definition) is 0. The molecule has 1 aliphatic carbocycles. The average Bonchev–Trinajstić information content (AvgIpc) is 2.46. The van der Waals surface area contributed by atoms with E-state index in [1.165, 1.54) is 41.5 Å². The van der Waals surface area contributed by atoms with E-state index in [1.807, 2.05) is 0 Å². The highest BCUT2D eigenvalue weighted by Gasteiger charge is 2.22. The van der Waals surface area contributed by atoms with Crippen LogP contribution in [0.4, 0.5) is 0 Å². The molecular weight excluding hydrogens is 240 g/mol. The largest absolute Gasteiger partial charge is 0.122 e. The van der Waals surface area contributed by atoms with E-state index in [1.54, 1.807) is 0 Å². The maximum atomic E-state index is 6.08. The molecule has 1 heteroatoms. The van der Waals surface area contributed by atoms with Gasteiger partial charge < -0.3 is 0 Å². The Kier molecular flexibility index (Phi) is 3.38. The van der Waals surface area contributed by atoms with Gasteiger partial charge in [-0.3, -0.25) is 0 Å². The molecule has 0 N–H and O–H groups in total. The third kappa shape index (κ3) is 2.06. The number of halogens is 1. The number of rotatable bonds is 2. The molecule has 0 nitrogen and oxygen atoms in total. The summed E-state index contributed by atoms with van der Waals surface area (Å²) < 4.78 is 0. The third-order valence-corrected chi connectivity index (χ3v) is 4.23. The van der Waals surface area contributed by atoms with Crippen molar-refractivity contribution in [1.29, 1.82) is 0 Å². The van der Waals surface area contributed by atoms with E-state index in [9.17, 15) is 0 Å². The monoisotopic (exact) mass is 256 g/mol. The Bertz CT molecular complexity index is 545. The van der Waals surface area contributed by atoms with Gasteiger partial charge in [0.1, 0.15) is 0 Å². The van der Waals surface area contributed by atoms with Crippen LogP contribution >= 0.6 is 11.6 Å². The van der Waals surface area contributed by atoms with Crippen LogP contribution in [0, 0.1) is 0 Å². The summed E-state index contributed by atoms with van der Waals surface area (Å²) in [5.41, 5.74) is 5.71. The van der Waals surface area contributed by atoms with Crippen LogP contribution in [0.2, 0.25) is 0 Å². The molecule has 2 aromatic rings. The molecule has 3 rings (SSSR count). The average molecular weight is 257 g/mol. The van der Waals surface area contributed by atoms with Crippen LogP contribution in [0.1, 0.15) is 41.0 Å². The molecule has 0 spiro atoms. The molecular formula is C17H17Cl. The van der Waals surface area contributed by atoms with Crippen LogP contribution < -0.4 is 0 Å². The van der Waals surface area contributed by atoms with Crippen molar-refractivity contribution in [2.75, 3.05) is 0 Å². The highest BCUT2D eigenvalue weighted by atomic mass is 35.5. The lowest BCUT2D eigenvalue weighted by Gasteiger charge is -2.27. The molecule has 0 amide bonds. The molecule has 1 aliphatic rings. The molecule has 1 atom stereocenters. The lowest BCUT2D eigenvalue weighted by molar-refractivity contribution is 0.613. The Morgan fingerprint density at radius 1 is 0.944 bits per heavy atom. The second-order valence-electron chi connectivity index (χ2n) is 4.98. The molecule has 2 aromatic carbocycles. The highest BCUT2D eigenvalue weighted by Crippen LogP contribution is 2.38. The van der Waals surface area contributed by atoms with Gasteiger partial charge in [-0.05, 0) is 41.5 Å². The van der Waals surface area contributed by atoms with E-state index in [0.717, 1.165) is 0 Å². The second-order valence-corrected chi connectivity index (χ2v) is 5.24. The van der Waals surface area contributed by atoms with Gasteiger partial charge in [0.15, 0.2) is 0 Å². The van der Waals surface area contributed by atoms with E-state index in [-0.39, 0.29) is 0 Å². The predicted molar refractivity (Wildman–Crippen MR) is 77.2 cm³/mol. The van der Waals surface area contributed by atoms with E-state index in [4.69, 9.17) is 11.6 Å². The van der Waals surface area contributed by atoms with Crippen molar-refractivity contribution in [2.45, 2.75) is 31.1 Å². The normalized spacial score (nSPS) is 18.4. The zero-order chi connectivity index (χ0) is 12.4. The van der Waals surface area contributed by atoms with Crippen LogP contribution in [0.5, 0.6) is 0 Å². The van der Waals surface area contributed by atoms with Crippen molar-refractivity contribution in [1.82, 2.24) is 0 Å². The standard InChI is InChI=1S/C17H17Cl/c18-12-14-7-2-4-10-16(14)17-11-5-8-13-6-1-3-9-15(13)17/h1-4,6-7,9-10,17H,5,8,11-12H2. The molecule has 0 saturated heterocycles. The summed E-state index contributed by atoms with van der Waals surface area (Å²) in [6.07, 6.45) is 3.74. The van der Waals surface area contributed by atoms with Crippen LogP contribution in [-0.2, 0) is 12.3 Å². The Morgan fingerprint density at radius 2 is 1.67 bits per heavy atom. The SMILES string of the molecule is ClCc1ccccc1C1CCCc2ccccc21. The lowest BCUT2D eigenvalue weighted by atomic mass is 9.78. The smallest absolute Gasteiger partial charge is 0.0477 e. The van der Waals surface area contributed by atoms with Gasteiger partial charge >= 0.3 is 0 Å². The Morgan fingerprint density at radius 3 is 2.50 bits per heavy atom. The van der Waals surface area contributed by atoms with Crippen molar-refractivity contribution in [3.05, 3.63) is 70.8 Å². The second kappa shape index (κ2) is 5.16. The number of benzene rings is 2. The van der Waals surface area contributed by atoms with Crippen LogP contribution in [-0.4, -0.2) is 0 Å². The topological polar surface area (TPSA) is 0 Å². The summed E-state index contributed by atoms with van der Waals surface area (Å²) in [5.74, 6) is 1.14. The van der Waals surface area contributed by atoms with Gasteiger partial charge in [-0.15, -0.1) is 11.6 Å². The van der Waals surface area contributed by atoms with Gasteiger partial charge in [-0.2, -0.15) is 0 Å². The molecule has 0 fully saturated rings. The molecule has 0 aromatic heterocycles. The molecule has 0 saturated carbocycles. The predicted octanol–water partition coefficient (Wildman–Crippen LogP) is 4.89. The number of aryl methyl sites for hydroxylation is 1. The van der Waals surface area contributed by atoms with Gasteiger partial charge in [0.25, 0.3) is 0 Å². The number of alkyl halides is 1. The third-order valence-electron chi connectivity index (χ3n) is 3.94. The lowest BCUT2D eigenvalue weighted by Crippen LogP contribution is -2.12. The van der Waals surface area contributed by atoms with Gasteiger partial charge in [0, 0.05) is 11.8 Å². The fraction of sp³-hybridized carbons (Fsp3) is 0.294. The van der Waals surface area contributed by atoms with Crippen molar-refractivity contribution in [3.8, 4) is 0 Å². The summed E-state index contributed by atoms with van der Waals surface area (Å²) in [6.45, 7) is 0.